The maximum atomic E-state index is 13.1. The second-order valence-corrected chi connectivity index (χ2v) is 3.15. The summed E-state index contributed by atoms with van der Waals surface area (Å²) in [6.45, 7) is 2.77. The number of carbonyl (C=O) groups is 1. The largest absolute Gasteiger partial charge is 0.466 e. The summed E-state index contributed by atoms with van der Waals surface area (Å²) in [6.07, 6.45) is -0.226. The molecule has 0 aromatic heterocycles. The summed E-state index contributed by atoms with van der Waals surface area (Å²) in [5.41, 5.74) is 0. The van der Waals surface area contributed by atoms with E-state index in [9.17, 15) is 9.18 Å². The van der Waals surface area contributed by atoms with Crippen LogP contribution < -0.4 is 0 Å². The summed E-state index contributed by atoms with van der Waals surface area (Å²) in [7, 11) is 0. The number of esters is 1. The van der Waals surface area contributed by atoms with Crippen LogP contribution in [0.25, 0.3) is 0 Å². The van der Waals surface area contributed by atoms with Crippen molar-refractivity contribution in [3.8, 4) is 0 Å². The maximum absolute atomic E-state index is 13.1. The van der Waals surface area contributed by atoms with Crippen LogP contribution in [0.1, 0.15) is 19.8 Å². The Balaban J connectivity index is 2.29. The van der Waals surface area contributed by atoms with Crippen molar-refractivity contribution in [3.63, 3.8) is 0 Å². The second-order valence-electron chi connectivity index (χ2n) is 3.15. The molecule has 0 N–H and O–H groups in total. The highest BCUT2D eigenvalue weighted by Crippen LogP contribution is 2.22. The number of carbonyl (C=O) groups excluding carboxylic acids is 1. The van der Waals surface area contributed by atoms with Crippen molar-refractivity contribution in [2.24, 2.45) is 5.92 Å². The van der Waals surface area contributed by atoms with Gasteiger partial charge in [0.15, 0.2) is 0 Å². The van der Waals surface area contributed by atoms with Gasteiger partial charge in [0.1, 0.15) is 6.17 Å². The average Bonchev–Trinajstić information content (AvgIpc) is 2.09. The van der Waals surface area contributed by atoms with Crippen LogP contribution in [-0.2, 0) is 14.3 Å². The number of alkyl halides is 1. The molecule has 1 fully saturated rings. The molecule has 0 spiro atoms. The highest BCUT2D eigenvalue weighted by molar-refractivity contribution is 5.69. The van der Waals surface area contributed by atoms with E-state index < -0.39 is 6.17 Å². The molecule has 0 aromatic carbocycles. The highest BCUT2D eigenvalue weighted by Gasteiger charge is 2.27. The Morgan fingerprint density at radius 2 is 2.46 bits per heavy atom. The Bertz CT molecular complexity index is 172. The van der Waals surface area contributed by atoms with Crippen LogP contribution in [-0.4, -0.2) is 32.0 Å². The first-order valence-electron chi connectivity index (χ1n) is 4.61. The third kappa shape index (κ3) is 3.30. The number of hydrogen-bond donors (Lipinski definition) is 0. The van der Waals surface area contributed by atoms with Gasteiger partial charge in [0, 0.05) is 12.5 Å². The molecule has 1 aliphatic rings. The van der Waals surface area contributed by atoms with Gasteiger partial charge in [0.25, 0.3) is 0 Å². The molecule has 0 amide bonds. The van der Waals surface area contributed by atoms with Gasteiger partial charge in [-0.2, -0.15) is 0 Å². The summed E-state index contributed by atoms with van der Waals surface area (Å²) in [6, 6.07) is 0. The Labute approximate surface area is 77.2 Å². The zero-order valence-corrected chi connectivity index (χ0v) is 7.79. The standard InChI is InChI=1S/C9H15FO3/c1-2-13-9(11)5-7-3-4-12-6-8(7)10/h7-8H,2-6H2,1H3/t7-,8-/m1/s1. The molecular formula is C9H15FO3. The fourth-order valence-corrected chi connectivity index (χ4v) is 1.41. The molecule has 0 saturated carbocycles. The summed E-state index contributed by atoms with van der Waals surface area (Å²) >= 11 is 0. The van der Waals surface area contributed by atoms with Crippen molar-refractivity contribution in [2.45, 2.75) is 25.9 Å². The quantitative estimate of drug-likeness (QED) is 0.629. The van der Waals surface area contributed by atoms with Crippen LogP contribution in [0, 0.1) is 5.92 Å². The zero-order chi connectivity index (χ0) is 9.68. The van der Waals surface area contributed by atoms with Crippen molar-refractivity contribution >= 4 is 5.97 Å². The second kappa shape index (κ2) is 5.17. The molecule has 1 rings (SSSR count). The van der Waals surface area contributed by atoms with Crippen LogP contribution in [0.3, 0.4) is 0 Å². The lowest BCUT2D eigenvalue weighted by molar-refractivity contribution is -0.146. The van der Waals surface area contributed by atoms with E-state index in [0.29, 0.717) is 19.6 Å². The molecule has 0 aliphatic carbocycles. The van der Waals surface area contributed by atoms with Crippen LogP contribution in [0.15, 0.2) is 0 Å². The minimum Gasteiger partial charge on any atom is -0.466 e. The number of ether oxygens (including phenoxy) is 2. The van der Waals surface area contributed by atoms with Crippen molar-refractivity contribution in [1.29, 1.82) is 0 Å². The van der Waals surface area contributed by atoms with E-state index in [1.165, 1.54) is 0 Å². The molecule has 0 aromatic rings. The van der Waals surface area contributed by atoms with Gasteiger partial charge in [-0.15, -0.1) is 0 Å². The Morgan fingerprint density at radius 3 is 3.08 bits per heavy atom. The molecule has 3 nitrogen and oxygen atoms in total. The molecule has 0 bridgehead atoms. The summed E-state index contributed by atoms with van der Waals surface area (Å²) in [5, 5.41) is 0. The summed E-state index contributed by atoms with van der Waals surface area (Å²) in [5.74, 6) is -0.523. The van der Waals surface area contributed by atoms with E-state index in [4.69, 9.17) is 9.47 Å². The van der Waals surface area contributed by atoms with Gasteiger partial charge in [0.05, 0.1) is 19.6 Å². The molecular weight excluding hydrogens is 175 g/mol. The molecule has 2 atom stereocenters. The minimum absolute atomic E-state index is 0.115. The minimum atomic E-state index is -1.02. The molecule has 0 radical (unpaired) electrons. The predicted molar refractivity (Wildman–Crippen MR) is 45.1 cm³/mol. The molecule has 1 saturated heterocycles. The van der Waals surface area contributed by atoms with E-state index in [1.807, 2.05) is 0 Å². The lowest BCUT2D eigenvalue weighted by Crippen LogP contribution is -2.31. The van der Waals surface area contributed by atoms with Gasteiger partial charge >= 0.3 is 5.97 Å². The fourth-order valence-electron chi connectivity index (χ4n) is 1.41. The normalized spacial score (nSPS) is 28.5. The number of halogens is 1. The molecule has 13 heavy (non-hydrogen) atoms. The van der Waals surface area contributed by atoms with Crippen molar-refractivity contribution < 1.29 is 18.7 Å². The first kappa shape index (κ1) is 10.4. The first-order chi connectivity index (χ1) is 6.24. The number of rotatable bonds is 3. The van der Waals surface area contributed by atoms with Crippen molar-refractivity contribution in [1.82, 2.24) is 0 Å². The van der Waals surface area contributed by atoms with Gasteiger partial charge in [-0.05, 0) is 13.3 Å². The average molecular weight is 190 g/mol. The highest BCUT2D eigenvalue weighted by atomic mass is 19.1. The Hall–Kier alpha value is -0.640. The van der Waals surface area contributed by atoms with Crippen LogP contribution in [0.5, 0.6) is 0 Å². The van der Waals surface area contributed by atoms with Gasteiger partial charge < -0.3 is 9.47 Å². The molecule has 4 heteroatoms. The smallest absolute Gasteiger partial charge is 0.306 e. The third-order valence-electron chi connectivity index (χ3n) is 2.16. The Morgan fingerprint density at radius 1 is 1.69 bits per heavy atom. The molecule has 76 valence electrons. The van der Waals surface area contributed by atoms with E-state index in [1.54, 1.807) is 6.92 Å². The SMILES string of the molecule is CCOC(=O)C[C@H]1CCOC[C@H]1F. The van der Waals surface area contributed by atoms with Crippen LogP contribution in [0.4, 0.5) is 4.39 Å². The topological polar surface area (TPSA) is 35.5 Å². The lowest BCUT2D eigenvalue weighted by Gasteiger charge is -2.24. The van der Waals surface area contributed by atoms with E-state index in [-0.39, 0.29) is 24.9 Å². The maximum Gasteiger partial charge on any atom is 0.306 e. The van der Waals surface area contributed by atoms with Crippen LogP contribution >= 0.6 is 0 Å². The lowest BCUT2D eigenvalue weighted by atomic mass is 9.95. The van der Waals surface area contributed by atoms with E-state index >= 15 is 0 Å². The molecule has 0 unspecified atom stereocenters. The number of hydrogen-bond acceptors (Lipinski definition) is 3. The van der Waals surface area contributed by atoms with Gasteiger partial charge in [-0.3, -0.25) is 4.79 Å². The molecule has 1 aliphatic heterocycles. The van der Waals surface area contributed by atoms with Crippen molar-refractivity contribution in [2.75, 3.05) is 19.8 Å². The Kier molecular flexibility index (Phi) is 4.15. The monoisotopic (exact) mass is 190 g/mol. The van der Waals surface area contributed by atoms with E-state index in [2.05, 4.69) is 0 Å². The van der Waals surface area contributed by atoms with Gasteiger partial charge in [-0.25, -0.2) is 4.39 Å². The first-order valence-corrected chi connectivity index (χ1v) is 4.61. The van der Waals surface area contributed by atoms with Crippen LogP contribution in [0.2, 0.25) is 0 Å². The summed E-state index contributed by atoms with van der Waals surface area (Å²) in [4.78, 5) is 11.0. The van der Waals surface area contributed by atoms with Crippen molar-refractivity contribution in [3.05, 3.63) is 0 Å². The fraction of sp³-hybridized carbons (Fsp3) is 0.889. The molecule has 1 heterocycles. The predicted octanol–water partition coefficient (Wildman–Crippen LogP) is 1.31. The van der Waals surface area contributed by atoms with E-state index in [0.717, 1.165) is 0 Å². The summed E-state index contributed by atoms with van der Waals surface area (Å²) < 4.78 is 22.8. The zero-order valence-electron chi connectivity index (χ0n) is 7.79. The van der Waals surface area contributed by atoms with Gasteiger partial charge in [0.2, 0.25) is 0 Å². The third-order valence-corrected chi connectivity index (χ3v) is 2.16. The van der Waals surface area contributed by atoms with Gasteiger partial charge in [-0.1, -0.05) is 0 Å².